The number of aryl methyl sites for hydroxylation is 1. The van der Waals surface area contributed by atoms with Crippen LogP contribution < -0.4 is 33.1 Å². The van der Waals surface area contributed by atoms with Gasteiger partial charge in [0.05, 0.1) is 17.6 Å². The quantitative estimate of drug-likeness (QED) is 0.469. The van der Waals surface area contributed by atoms with E-state index in [1.165, 1.54) is 5.56 Å². The molecule has 1 saturated heterocycles. The predicted octanol–water partition coefficient (Wildman–Crippen LogP) is -0.325. The molecule has 0 atom stereocenters. The molecule has 0 amide bonds. The molecule has 0 aliphatic carbocycles. The molecule has 1 N–H and O–H groups in total. The predicted molar refractivity (Wildman–Crippen MR) is 107 cm³/mol. The molecule has 2 aromatic carbocycles. The van der Waals surface area contributed by atoms with E-state index in [0.717, 1.165) is 42.0 Å². The second kappa shape index (κ2) is 7.28. The average Bonchev–Trinajstić information content (AvgIpc) is 3.39. The third-order valence-electron chi connectivity index (χ3n) is 5.13. The molecular weight excluding hydrogens is 416 g/mol. The smallest absolute Gasteiger partial charge is 0.283 e. The van der Waals surface area contributed by atoms with Crippen molar-refractivity contribution in [2.75, 3.05) is 6.54 Å². The van der Waals surface area contributed by atoms with E-state index in [2.05, 4.69) is 36.5 Å². The van der Waals surface area contributed by atoms with Crippen molar-refractivity contribution in [2.45, 2.75) is 19.8 Å². The minimum atomic E-state index is -0.0245. The summed E-state index contributed by atoms with van der Waals surface area (Å²) in [5, 5.41) is 4.07. The summed E-state index contributed by atoms with van der Waals surface area (Å²) in [6.45, 7) is 2.98. The van der Waals surface area contributed by atoms with Crippen molar-refractivity contribution in [3.8, 4) is 16.9 Å². The van der Waals surface area contributed by atoms with E-state index >= 15 is 0 Å². The van der Waals surface area contributed by atoms with Gasteiger partial charge in [-0.2, -0.15) is 0 Å². The van der Waals surface area contributed by atoms with Crippen LogP contribution in [0.15, 0.2) is 65.6 Å². The number of benzene rings is 2. The first kappa shape index (κ1) is 18.5. The van der Waals surface area contributed by atoms with Crippen molar-refractivity contribution in [3.63, 3.8) is 0 Å². The highest BCUT2D eigenvalue weighted by molar-refractivity contribution is 5.65. The summed E-state index contributed by atoms with van der Waals surface area (Å²) < 4.78 is 3.59. The maximum Gasteiger partial charge on any atom is 0.283 e. The first-order chi connectivity index (χ1) is 13.2. The number of aromatic nitrogens is 3. The molecule has 1 aliphatic heterocycles. The number of hydrogen-bond donors (Lipinski definition) is 1. The van der Waals surface area contributed by atoms with Crippen LogP contribution in [-0.4, -0.2) is 20.7 Å². The van der Waals surface area contributed by atoms with Crippen LogP contribution in [0.5, 0.6) is 0 Å². The summed E-state index contributed by atoms with van der Waals surface area (Å²) in [4.78, 5) is 18.1. The zero-order valence-electron chi connectivity index (χ0n) is 15.5. The third kappa shape index (κ3) is 2.94. The standard InChI is InChI=1S/C22H20N4O.BrH/c1-15-9-11-16(12-10-15)19-14-25-21(24-19)20(18-8-5-13-23-18)22(27)26(25)17-6-3-2-4-7-17;/h2-4,6-7,9-12,14,23H,5,8,13H2,1H3;1H/p-1/b20-18-;. The third-order valence-corrected chi connectivity index (χ3v) is 5.13. The lowest BCUT2D eigenvalue weighted by Gasteiger charge is -2.03. The number of hydrogen-bond acceptors (Lipinski definition) is 3. The molecule has 5 rings (SSSR count). The Bertz CT molecular complexity index is 1230. The first-order valence-electron chi connectivity index (χ1n) is 9.26. The van der Waals surface area contributed by atoms with Gasteiger partial charge in [0.15, 0.2) is 5.65 Å². The van der Waals surface area contributed by atoms with Gasteiger partial charge in [0.2, 0.25) is 0 Å². The molecule has 5 nitrogen and oxygen atoms in total. The molecule has 0 saturated carbocycles. The molecule has 142 valence electrons. The highest BCUT2D eigenvalue weighted by atomic mass is 79.9. The van der Waals surface area contributed by atoms with Crippen molar-refractivity contribution in [3.05, 3.63) is 81.9 Å². The highest BCUT2D eigenvalue weighted by Crippen LogP contribution is 2.20. The van der Waals surface area contributed by atoms with Gasteiger partial charge in [0.25, 0.3) is 5.56 Å². The van der Waals surface area contributed by atoms with E-state index in [4.69, 9.17) is 4.98 Å². The molecule has 4 aromatic rings. The van der Waals surface area contributed by atoms with Crippen molar-refractivity contribution in [1.82, 2.24) is 19.5 Å². The maximum absolute atomic E-state index is 13.3. The largest absolute Gasteiger partial charge is 1.00 e. The van der Waals surface area contributed by atoms with Gasteiger partial charge in [-0.15, -0.1) is 0 Å². The fraction of sp³-hybridized carbons (Fsp3) is 0.182. The maximum atomic E-state index is 13.3. The van der Waals surface area contributed by atoms with Crippen LogP contribution in [0.25, 0.3) is 28.3 Å². The van der Waals surface area contributed by atoms with Gasteiger partial charge < -0.3 is 22.3 Å². The first-order valence-corrected chi connectivity index (χ1v) is 9.26. The lowest BCUT2D eigenvalue weighted by Crippen LogP contribution is -3.00. The summed E-state index contributed by atoms with van der Waals surface area (Å²) >= 11 is 0. The lowest BCUT2D eigenvalue weighted by molar-refractivity contribution is -0.00000562. The number of rotatable bonds is 2. The zero-order valence-corrected chi connectivity index (χ0v) is 17.1. The number of nitrogens with zero attached hydrogens (tertiary/aromatic N) is 3. The molecule has 1 fully saturated rings. The average molecular weight is 436 g/mol. The van der Waals surface area contributed by atoms with Crippen LogP contribution >= 0.6 is 0 Å². The van der Waals surface area contributed by atoms with Crippen LogP contribution in [0, 0.1) is 6.92 Å². The minimum absolute atomic E-state index is 0. The Morgan fingerprint density at radius 3 is 2.46 bits per heavy atom. The van der Waals surface area contributed by atoms with Gasteiger partial charge in [-0.3, -0.25) is 4.79 Å². The number of para-hydroxylation sites is 1. The van der Waals surface area contributed by atoms with Crippen LogP contribution in [0.4, 0.5) is 0 Å². The van der Waals surface area contributed by atoms with Crippen molar-refractivity contribution in [1.29, 1.82) is 0 Å². The molecule has 28 heavy (non-hydrogen) atoms. The van der Waals surface area contributed by atoms with E-state index in [9.17, 15) is 4.79 Å². The normalized spacial score (nSPS) is 15.5. The molecule has 6 heteroatoms. The van der Waals surface area contributed by atoms with Gasteiger partial charge >= 0.3 is 0 Å². The monoisotopic (exact) mass is 435 g/mol. The van der Waals surface area contributed by atoms with E-state index in [1.807, 2.05) is 41.0 Å². The van der Waals surface area contributed by atoms with Crippen molar-refractivity contribution in [2.24, 2.45) is 0 Å². The fourth-order valence-electron chi connectivity index (χ4n) is 3.74. The second-order valence-corrected chi connectivity index (χ2v) is 7.00. The Labute approximate surface area is 173 Å². The van der Waals surface area contributed by atoms with Crippen LogP contribution in [0.3, 0.4) is 0 Å². The summed E-state index contributed by atoms with van der Waals surface area (Å²) in [7, 11) is 0. The number of imidazole rings is 1. The Morgan fingerprint density at radius 2 is 1.79 bits per heavy atom. The van der Waals surface area contributed by atoms with Crippen molar-refractivity contribution >= 4 is 11.3 Å². The summed E-state index contributed by atoms with van der Waals surface area (Å²) in [5.41, 5.74) is 5.66. The Morgan fingerprint density at radius 1 is 1.04 bits per heavy atom. The van der Waals surface area contributed by atoms with Crippen molar-refractivity contribution < 1.29 is 17.0 Å². The summed E-state index contributed by atoms with van der Waals surface area (Å²) in [5.74, 6) is 0. The summed E-state index contributed by atoms with van der Waals surface area (Å²) in [6.07, 6.45) is 3.88. The van der Waals surface area contributed by atoms with Gasteiger partial charge in [-0.05, 0) is 31.9 Å². The highest BCUT2D eigenvalue weighted by Gasteiger charge is 2.19. The molecule has 0 bridgehead atoms. The Kier molecular flexibility index (Phi) is 4.81. The Hall–Kier alpha value is -2.86. The molecule has 0 radical (unpaired) electrons. The molecule has 2 aromatic heterocycles. The molecule has 0 spiro atoms. The van der Waals surface area contributed by atoms with Crippen LogP contribution in [0.1, 0.15) is 18.4 Å². The van der Waals surface area contributed by atoms with E-state index < -0.39 is 0 Å². The minimum Gasteiger partial charge on any atom is -1.00 e. The van der Waals surface area contributed by atoms with E-state index in [1.54, 1.807) is 4.68 Å². The fourth-order valence-corrected chi connectivity index (χ4v) is 3.74. The van der Waals surface area contributed by atoms with E-state index in [-0.39, 0.29) is 22.5 Å². The topological polar surface area (TPSA) is 51.3 Å². The molecular formula is C22H20BrN4O-. The van der Waals surface area contributed by atoms with Crippen LogP contribution in [-0.2, 0) is 0 Å². The summed E-state index contributed by atoms with van der Waals surface area (Å²) in [6, 6.07) is 18.0. The van der Waals surface area contributed by atoms with Crippen LogP contribution in [0.2, 0.25) is 0 Å². The van der Waals surface area contributed by atoms with Gasteiger partial charge in [-0.25, -0.2) is 14.2 Å². The molecule has 0 unspecified atom stereocenters. The second-order valence-electron chi connectivity index (χ2n) is 7.00. The zero-order chi connectivity index (χ0) is 18.4. The van der Waals surface area contributed by atoms with Gasteiger partial charge in [0, 0.05) is 17.8 Å². The number of halogens is 1. The van der Waals surface area contributed by atoms with E-state index in [0.29, 0.717) is 10.9 Å². The van der Waals surface area contributed by atoms with Gasteiger partial charge in [0.1, 0.15) is 5.22 Å². The Balaban J connectivity index is 0.00000192. The number of fused-ring (bicyclic) bond motifs is 1. The SMILES string of the molecule is Cc1ccc(-c2cn3c(n2)/c(=C2\CCCN2)c(=O)n3-c2ccccc2)cc1.[Br-]. The lowest BCUT2D eigenvalue weighted by atomic mass is 10.1. The number of nitrogens with one attached hydrogen (secondary N) is 1. The van der Waals surface area contributed by atoms with Gasteiger partial charge in [-0.1, -0.05) is 48.0 Å². The molecule has 3 heterocycles. The molecule has 1 aliphatic rings.